The summed E-state index contributed by atoms with van der Waals surface area (Å²) in [5, 5.41) is 3.64. The van der Waals surface area contributed by atoms with Gasteiger partial charge in [-0.3, -0.25) is 0 Å². The van der Waals surface area contributed by atoms with Gasteiger partial charge in [0.2, 0.25) is 0 Å². The van der Waals surface area contributed by atoms with Crippen molar-refractivity contribution in [2.75, 3.05) is 6.54 Å². The van der Waals surface area contributed by atoms with E-state index >= 15 is 0 Å². The Balaban J connectivity index is 2.03. The zero-order chi connectivity index (χ0) is 15.3. The molecule has 2 aromatic rings. The van der Waals surface area contributed by atoms with Crippen LogP contribution in [0, 0.1) is 12.8 Å². The number of rotatable bonds is 6. The molecule has 21 heavy (non-hydrogen) atoms. The first-order chi connectivity index (χ1) is 9.92. The van der Waals surface area contributed by atoms with Gasteiger partial charge in [-0.15, -0.1) is 0 Å². The Morgan fingerprint density at radius 3 is 2.48 bits per heavy atom. The number of benzene rings is 1. The molecule has 2 rings (SSSR count). The standard InChI is InChI=1S/C19H27NO/c1-15-6-5-7-16(10-15)11-18(13-20-19(2,3)4)12-17-8-9-21-14-17/h5-10,14,18,20H,11-13H2,1-4H3. The molecule has 0 aliphatic rings. The third kappa shape index (κ3) is 5.76. The normalized spacial score (nSPS) is 13.3. The molecule has 0 fully saturated rings. The average molecular weight is 285 g/mol. The molecule has 1 unspecified atom stereocenters. The molecule has 0 spiro atoms. The second-order valence-corrected chi connectivity index (χ2v) is 7.03. The highest BCUT2D eigenvalue weighted by atomic mass is 16.3. The lowest BCUT2D eigenvalue weighted by Gasteiger charge is -2.25. The van der Waals surface area contributed by atoms with Crippen LogP contribution in [-0.4, -0.2) is 12.1 Å². The van der Waals surface area contributed by atoms with Crippen LogP contribution in [0.5, 0.6) is 0 Å². The lowest BCUT2D eigenvalue weighted by molar-refractivity contribution is 0.366. The molecule has 1 aromatic heterocycles. The van der Waals surface area contributed by atoms with Gasteiger partial charge in [0.1, 0.15) is 0 Å². The van der Waals surface area contributed by atoms with E-state index in [9.17, 15) is 0 Å². The minimum Gasteiger partial charge on any atom is -0.472 e. The summed E-state index contributed by atoms with van der Waals surface area (Å²) in [6, 6.07) is 10.9. The van der Waals surface area contributed by atoms with E-state index in [0.717, 1.165) is 19.4 Å². The Hall–Kier alpha value is -1.54. The summed E-state index contributed by atoms with van der Waals surface area (Å²) >= 11 is 0. The van der Waals surface area contributed by atoms with Crippen molar-refractivity contribution in [3.8, 4) is 0 Å². The predicted molar refractivity (Wildman–Crippen MR) is 88.5 cm³/mol. The maximum absolute atomic E-state index is 5.21. The smallest absolute Gasteiger partial charge is 0.0934 e. The van der Waals surface area contributed by atoms with Gasteiger partial charge in [-0.1, -0.05) is 29.8 Å². The summed E-state index contributed by atoms with van der Waals surface area (Å²) in [6.45, 7) is 9.82. The summed E-state index contributed by atoms with van der Waals surface area (Å²) in [4.78, 5) is 0. The zero-order valence-corrected chi connectivity index (χ0v) is 13.6. The SMILES string of the molecule is Cc1cccc(CC(CNC(C)(C)C)Cc2ccoc2)c1. The number of aryl methyl sites for hydroxylation is 1. The summed E-state index contributed by atoms with van der Waals surface area (Å²) < 4.78 is 5.21. The first kappa shape index (κ1) is 15.8. The molecule has 0 aliphatic heterocycles. The summed E-state index contributed by atoms with van der Waals surface area (Å²) in [5.74, 6) is 0.573. The molecule has 1 N–H and O–H groups in total. The lowest BCUT2D eigenvalue weighted by atomic mass is 9.92. The number of hydrogen-bond acceptors (Lipinski definition) is 2. The van der Waals surface area contributed by atoms with E-state index in [1.807, 2.05) is 6.26 Å². The summed E-state index contributed by atoms with van der Waals surface area (Å²) in [5.41, 5.74) is 4.18. The molecular formula is C19H27NO. The van der Waals surface area contributed by atoms with Crippen molar-refractivity contribution in [3.05, 3.63) is 59.5 Å². The molecule has 0 aliphatic carbocycles. The predicted octanol–water partition coefficient (Wildman–Crippen LogP) is 4.38. The highest BCUT2D eigenvalue weighted by Gasteiger charge is 2.16. The first-order valence-corrected chi connectivity index (χ1v) is 7.74. The number of nitrogens with one attached hydrogen (secondary N) is 1. The quantitative estimate of drug-likeness (QED) is 0.852. The van der Waals surface area contributed by atoms with Crippen molar-refractivity contribution in [1.82, 2.24) is 5.32 Å². The largest absolute Gasteiger partial charge is 0.472 e. The van der Waals surface area contributed by atoms with E-state index in [0.29, 0.717) is 5.92 Å². The van der Waals surface area contributed by atoms with Crippen LogP contribution >= 0.6 is 0 Å². The Morgan fingerprint density at radius 1 is 1.10 bits per heavy atom. The Bertz CT molecular complexity index is 537. The molecule has 0 amide bonds. The van der Waals surface area contributed by atoms with Crippen molar-refractivity contribution in [1.29, 1.82) is 0 Å². The van der Waals surface area contributed by atoms with Gasteiger partial charge in [0.05, 0.1) is 12.5 Å². The molecular weight excluding hydrogens is 258 g/mol. The fraction of sp³-hybridized carbons (Fsp3) is 0.474. The first-order valence-electron chi connectivity index (χ1n) is 7.74. The third-order valence-electron chi connectivity index (χ3n) is 3.63. The molecule has 1 heterocycles. The second-order valence-electron chi connectivity index (χ2n) is 7.03. The molecule has 0 bridgehead atoms. The van der Waals surface area contributed by atoms with E-state index in [-0.39, 0.29) is 5.54 Å². The van der Waals surface area contributed by atoms with Crippen LogP contribution in [0.2, 0.25) is 0 Å². The molecule has 0 saturated carbocycles. The van der Waals surface area contributed by atoms with E-state index in [1.165, 1.54) is 16.7 Å². The lowest BCUT2D eigenvalue weighted by Crippen LogP contribution is -2.40. The van der Waals surface area contributed by atoms with Crippen LogP contribution in [-0.2, 0) is 12.8 Å². The minimum absolute atomic E-state index is 0.154. The molecule has 1 atom stereocenters. The highest BCUT2D eigenvalue weighted by Crippen LogP contribution is 2.17. The van der Waals surface area contributed by atoms with Crippen LogP contribution in [0.4, 0.5) is 0 Å². The van der Waals surface area contributed by atoms with Gasteiger partial charge in [-0.2, -0.15) is 0 Å². The maximum Gasteiger partial charge on any atom is 0.0934 e. The van der Waals surface area contributed by atoms with E-state index < -0.39 is 0 Å². The van der Waals surface area contributed by atoms with Crippen LogP contribution < -0.4 is 5.32 Å². The monoisotopic (exact) mass is 285 g/mol. The van der Waals surface area contributed by atoms with Gasteiger partial charge in [0.15, 0.2) is 0 Å². The van der Waals surface area contributed by atoms with Crippen LogP contribution in [0.15, 0.2) is 47.3 Å². The van der Waals surface area contributed by atoms with Gasteiger partial charge in [0, 0.05) is 5.54 Å². The van der Waals surface area contributed by atoms with E-state index in [1.54, 1.807) is 6.26 Å². The van der Waals surface area contributed by atoms with E-state index in [2.05, 4.69) is 63.3 Å². The molecule has 1 aromatic carbocycles. The van der Waals surface area contributed by atoms with Crippen molar-refractivity contribution in [2.24, 2.45) is 5.92 Å². The van der Waals surface area contributed by atoms with Gasteiger partial charge < -0.3 is 9.73 Å². The Morgan fingerprint density at radius 2 is 1.86 bits per heavy atom. The molecule has 114 valence electrons. The topological polar surface area (TPSA) is 25.2 Å². The van der Waals surface area contributed by atoms with Gasteiger partial charge in [-0.25, -0.2) is 0 Å². The van der Waals surface area contributed by atoms with Crippen molar-refractivity contribution in [2.45, 2.75) is 46.1 Å². The van der Waals surface area contributed by atoms with Crippen molar-refractivity contribution in [3.63, 3.8) is 0 Å². The van der Waals surface area contributed by atoms with Crippen LogP contribution in [0.25, 0.3) is 0 Å². The van der Waals surface area contributed by atoms with Crippen molar-refractivity contribution >= 4 is 0 Å². The van der Waals surface area contributed by atoms with Gasteiger partial charge >= 0.3 is 0 Å². The van der Waals surface area contributed by atoms with Gasteiger partial charge in [-0.05, 0) is 70.2 Å². The molecule has 2 nitrogen and oxygen atoms in total. The average Bonchev–Trinajstić information content (AvgIpc) is 2.88. The van der Waals surface area contributed by atoms with E-state index in [4.69, 9.17) is 4.42 Å². The fourth-order valence-corrected chi connectivity index (χ4v) is 2.58. The van der Waals surface area contributed by atoms with Gasteiger partial charge in [0.25, 0.3) is 0 Å². The zero-order valence-electron chi connectivity index (χ0n) is 13.6. The summed E-state index contributed by atoms with van der Waals surface area (Å²) in [6.07, 6.45) is 5.76. The molecule has 2 heteroatoms. The third-order valence-corrected chi connectivity index (χ3v) is 3.63. The minimum atomic E-state index is 0.154. The molecule has 0 radical (unpaired) electrons. The number of hydrogen-bond donors (Lipinski definition) is 1. The summed E-state index contributed by atoms with van der Waals surface area (Å²) in [7, 11) is 0. The fourth-order valence-electron chi connectivity index (χ4n) is 2.58. The molecule has 0 saturated heterocycles. The Kier molecular flexibility index (Phi) is 5.24. The van der Waals surface area contributed by atoms with Crippen LogP contribution in [0.3, 0.4) is 0 Å². The van der Waals surface area contributed by atoms with Crippen molar-refractivity contribution < 1.29 is 4.42 Å². The number of furan rings is 1. The Labute approximate surface area is 128 Å². The van der Waals surface area contributed by atoms with Crippen LogP contribution in [0.1, 0.15) is 37.5 Å². The second kappa shape index (κ2) is 6.95. The maximum atomic E-state index is 5.21. The highest BCUT2D eigenvalue weighted by molar-refractivity contribution is 5.23.